The maximum atomic E-state index is 13.6. The molecule has 2 heterocycles. The Bertz CT molecular complexity index is 1170. The molecule has 2 aliphatic heterocycles. The zero-order valence-electron chi connectivity index (χ0n) is 18.1. The third kappa shape index (κ3) is 4.02. The Labute approximate surface area is 192 Å². The van der Waals surface area contributed by atoms with E-state index >= 15 is 0 Å². The molecule has 0 spiro atoms. The maximum absolute atomic E-state index is 13.6. The van der Waals surface area contributed by atoms with E-state index in [1.165, 1.54) is 12.1 Å². The van der Waals surface area contributed by atoms with Gasteiger partial charge in [-0.25, -0.2) is 4.39 Å². The number of nitrogens with zero attached hydrogens (tertiary/aromatic N) is 2. The fourth-order valence-electron chi connectivity index (χ4n) is 5.14. The van der Waals surface area contributed by atoms with Crippen molar-refractivity contribution in [2.24, 2.45) is 0 Å². The van der Waals surface area contributed by atoms with Crippen molar-refractivity contribution in [1.82, 2.24) is 9.80 Å². The Morgan fingerprint density at radius 2 is 1.73 bits per heavy atom. The zero-order valence-corrected chi connectivity index (χ0v) is 18.1. The van der Waals surface area contributed by atoms with Crippen molar-refractivity contribution in [3.63, 3.8) is 0 Å². The average Bonchev–Trinajstić information content (AvgIpc) is 2.81. The molecule has 0 unspecified atom stereocenters. The molecule has 3 aromatic carbocycles. The Hall–Kier alpha value is -3.51. The first kappa shape index (κ1) is 21.3. The number of hydrogen-bond acceptors (Lipinski definition) is 3. The van der Waals surface area contributed by atoms with Gasteiger partial charge in [-0.05, 0) is 34.4 Å². The number of amides is 2. The predicted octanol–water partition coefficient (Wildman–Crippen LogP) is 3.23. The van der Waals surface area contributed by atoms with Crippen LogP contribution in [0.4, 0.5) is 4.39 Å². The molecule has 3 atom stereocenters. The quantitative estimate of drug-likeness (QED) is 0.657. The van der Waals surface area contributed by atoms with E-state index in [1.54, 1.807) is 15.9 Å². The molecular weight excluding hydrogens is 419 g/mol. The molecule has 33 heavy (non-hydrogen) atoms. The SMILES string of the molecule is O=C(Cc1ccccc1)N1CC(=O)N2[C@H](CO)[C@@H](c3ccc(-c4cccc(F)c4)cc3)[C@@H]2C1. The highest BCUT2D eigenvalue weighted by atomic mass is 19.1. The van der Waals surface area contributed by atoms with Crippen molar-refractivity contribution >= 4 is 11.8 Å². The summed E-state index contributed by atoms with van der Waals surface area (Å²) >= 11 is 0. The Morgan fingerprint density at radius 1 is 0.970 bits per heavy atom. The van der Waals surface area contributed by atoms with Crippen molar-refractivity contribution in [2.75, 3.05) is 19.7 Å². The molecule has 2 fully saturated rings. The molecule has 2 saturated heterocycles. The van der Waals surface area contributed by atoms with Crippen molar-refractivity contribution < 1.29 is 19.1 Å². The highest BCUT2D eigenvalue weighted by Gasteiger charge is 2.54. The lowest BCUT2D eigenvalue weighted by molar-refractivity contribution is -0.166. The number of carbonyl (C=O) groups is 2. The lowest BCUT2D eigenvalue weighted by Crippen LogP contribution is -2.73. The minimum atomic E-state index is -0.297. The minimum absolute atomic E-state index is 0.0455. The van der Waals surface area contributed by atoms with Gasteiger partial charge in [-0.15, -0.1) is 0 Å². The maximum Gasteiger partial charge on any atom is 0.242 e. The van der Waals surface area contributed by atoms with Crippen LogP contribution < -0.4 is 0 Å². The van der Waals surface area contributed by atoms with Crippen LogP contribution >= 0.6 is 0 Å². The van der Waals surface area contributed by atoms with Crippen LogP contribution in [0.2, 0.25) is 0 Å². The normalized spacial score (nSPS) is 22.0. The molecule has 0 aliphatic carbocycles. The molecule has 6 heteroatoms. The van der Waals surface area contributed by atoms with Crippen LogP contribution in [-0.2, 0) is 16.0 Å². The number of aliphatic hydroxyl groups is 1. The van der Waals surface area contributed by atoms with Crippen LogP contribution in [0.15, 0.2) is 78.9 Å². The van der Waals surface area contributed by atoms with Crippen LogP contribution in [0.3, 0.4) is 0 Å². The number of carbonyl (C=O) groups excluding carboxylic acids is 2. The third-order valence-corrected chi connectivity index (χ3v) is 6.76. The standard InChI is InChI=1S/C27H25FN2O3/c28-22-8-4-7-21(14-22)19-9-11-20(12-10-19)27-23-15-29(16-26(33)30(23)24(27)17-31)25(32)13-18-5-2-1-3-6-18/h1-12,14,23-24,27,31H,13,15-17H2/t23-,24+,27-/m0/s1. The summed E-state index contributed by atoms with van der Waals surface area (Å²) in [7, 11) is 0. The first-order valence-electron chi connectivity index (χ1n) is 11.1. The number of hydrogen-bond donors (Lipinski definition) is 1. The number of rotatable bonds is 5. The Morgan fingerprint density at radius 3 is 2.42 bits per heavy atom. The van der Waals surface area contributed by atoms with Crippen LogP contribution in [0.25, 0.3) is 11.1 Å². The molecule has 168 valence electrons. The lowest BCUT2D eigenvalue weighted by atomic mass is 9.73. The highest BCUT2D eigenvalue weighted by molar-refractivity contribution is 5.88. The largest absolute Gasteiger partial charge is 0.394 e. The second-order valence-electron chi connectivity index (χ2n) is 8.71. The van der Waals surface area contributed by atoms with Gasteiger partial charge in [0.15, 0.2) is 0 Å². The summed E-state index contributed by atoms with van der Waals surface area (Å²) in [6.07, 6.45) is 0.261. The second kappa shape index (κ2) is 8.79. The van der Waals surface area contributed by atoms with Gasteiger partial charge in [-0.2, -0.15) is 0 Å². The van der Waals surface area contributed by atoms with E-state index in [4.69, 9.17) is 0 Å². The molecule has 0 radical (unpaired) electrons. The minimum Gasteiger partial charge on any atom is -0.394 e. The van der Waals surface area contributed by atoms with E-state index in [-0.39, 0.29) is 55.2 Å². The summed E-state index contributed by atoms with van der Waals surface area (Å²) in [4.78, 5) is 29.1. The fraction of sp³-hybridized carbons (Fsp3) is 0.259. The molecule has 1 N–H and O–H groups in total. The summed E-state index contributed by atoms with van der Waals surface area (Å²) in [5.74, 6) is -0.540. The van der Waals surface area contributed by atoms with Gasteiger partial charge in [0, 0.05) is 12.5 Å². The van der Waals surface area contributed by atoms with E-state index < -0.39 is 0 Å². The van der Waals surface area contributed by atoms with Gasteiger partial charge in [-0.1, -0.05) is 66.7 Å². The van der Waals surface area contributed by atoms with Crippen molar-refractivity contribution in [2.45, 2.75) is 24.4 Å². The molecule has 3 aromatic rings. The van der Waals surface area contributed by atoms with Gasteiger partial charge in [-0.3, -0.25) is 9.59 Å². The smallest absolute Gasteiger partial charge is 0.242 e. The zero-order chi connectivity index (χ0) is 22.9. The van der Waals surface area contributed by atoms with E-state index in [9.17, 15) is 19.1 Å². The summed E-state index contributed by atoms with van der Waals surface area (Å²) in [5.41, 5.74) is 3.61. The number of benzene rings is 3. The van der Waals surface area contributed by atoms with E-state index in [1.807, 2.05) is 60.7 Å². The highest BCUT2D eigenvalue weighted by Crippen LogP contribution is 2.43. The predicted molar refractivity (Wildman–Crippen MR) is 123 cm³/mol. The molecule has 5 nitrogen and oxygen atoms in total. The molecule has 5 rings (SSSR count). The van der Waals surface area contributed by atoms with Crippen molar-refractivity contribution in [3.05, 3.63) is 95.8 Å². The molecule has 0 saturated carbocycles. The van der Waals surface area contributed by atoms with Crippen LogP contribution in [-0.4, -0.2) is 58.5 Å². The van der Waals surface area contributed by atoms with Gasteiger partial charge in [0.1, 0.15) is 5.82 Å². The van der Waals surface area contributed by atoms with Gasteiger partial charge in [0.25, 0.3) is 0 Å². The first-order chi connectivity index (χ1) is 16.0. The van der Waals surface area contributed by atoms with Gasteiger partial charge in [0.05, 0.1) is 31.7 Å². The summed E-state index contributed by atoms with van der Waals surface area (Å²) in [5, 5.41) is 9.99. The van der Waals surface area contributed by atoms with Gasteiger partial charge in [0.2, 0.25) is 11.8 Å². The number of halogens is 1. The number of piperazine rings is 1. The summed E-state index contributed by atoms with van der Waals surface area (Å²) in [6, 6.07) is 23.3. The summed E-state index contributed by atoms with van der Waals surface area (Å²) in [6.45, 7) is 0.366. The monoisotopic (exact) mass is 444 g/mol. The molecule has 2 amide bonds. The molecular formula is C27H25FN2O3. The van der Waals surface area contributed by atoms with Gasteiger partial charge < -0.3 is 14.9 Å². The Balaban J connectivity index is 1.35. The fourth-order valence-corrected chi connectivity index (χ4v) is 5.14. The van der Waals surface area contributed by atoms with Crippen LogP contribution in [0.5, 0.6) is 0 Å². The van der Waals surface area contributed by atoms with Crippen LogP contribution in [0.1, 0.15) is 17.0 Å². The van der Waals surface area contributed by atoms with Crippen molar-refractivity contribution in [1.29, 1.82) is 0 Å². The first-order valence-corrected chi connectivity index (χ1v) is 11.1. The topological polar surface area (TPSA) is 60.9 Å². The van der Waals surface area contributed by atoms with E-state index in [0.29, 0.717) is 6.54 Å². The number of aliphatic hydroxyl groups excluding tert-OH is 1. The number of fused-ring (bicyclic) bond motifs is 1. The second-order valence-corrected chi connectivity index (χ2v) is 8.71. The molecule has 0 bridgehead atoms. The van der Waals surface area contributed by atoms with Crippen molar-refractivity contribution in [3.8, 4) is 11.1 Å². The van der Waals surface area contributed by atoms with E-state index in [0.717, 1.165) is 22.3 Å². The summed E-state index contributed by atoms with van der Waals surface area (Å²) < 4.78 is 13.6. The van der Waals surface area contributed by atoms with Crippen LogP contribution in [0, 0.1) is 5.82 Å². The Kier molecular flexibility index (Phi) is 5.68. The third-order valence-electron chi connectivity index (χ3n) is 6.76. The molecule has 0 aromatic heterocycles. The van der Waals surface area contributed by atoms with E-state index in [2.05, 4.69) is 0 Å². The molecule has 2 aliphatic rings. The average molecular weight is 445 g/mol. The lowest BCUT2D eigenvalue weighted by Gasteiger charge is -2.58. The van der Waals surface area contributed by atoms with Gasteiger partial charge >= 0.3 is 0 Å².